The number of carboxylic acid groups (broad SMARTS) is 1. The van der Waals surface area contributed by atoms with Crippen molar-refractivity contribution in [3.05, 3.63) is 151 Å². The summed E-state index contributed by atoms with van der Waals surface area (Å²) < 4.78 is 11.8. The van der Waals surface area contributed by atoms with Crippen LogP contribution in [0.5, 0.6) is 0 Å². The summed E-state index contributed by atoms with van der Waals surface area (Å²) in [5, 5.41) is 21.6. The number of aromatic carboxylic acids is 1. The first kappa shape index (κ1) is 29.6. The van der Waals surface area contributed by atoms with Crippen molar-refractivity contribution in [1.29, 1.82) is 5.26 Å². The van der Waals surface area contributed by atoms with E-state index in [0.29, 0.717) is 5.56 Å². The van der Waals surface area contributed by atoms with Gasteiger partial charge in [-0.15, -0.1) is 0 Å². The number of aromatic nitrogens is 5. The van der Waals surface area contributed by atoms with Crippen molar-refractivity contribution in [2.75, 3.05) is 0 Å². The standard InChI is InChI=1S/C32H19N5S.C8H5NO2/c1-2-8-21(9-3-1)37-31-26-13-7-5-11-24(26)23-10-4-6-12-25(23)30(31)34-32(37)27-15-14-22(20-16-18-33-19-17-20)28-29(27)36-38-35-28;9-5-6-1-3-7(4-2-6)8(10)11/h1-19H;1-4H,(H,10,11). The normalized spacial score (nSPS) is 11.0. The van der Waals surface area contributed by atoms with E-state index < -0.39 is 5.97 Å². The van der Waals surface area contributed by atoms with Gasteiger partial charge >= 0.3 is 5.97 Å². The number of para-hydroxylation sites is 1. The molecule has 0 saturated carbocycles. The number of hydrogen-bond donors (Lipinski definition) is 1. The Morgan fingerprint density at radius 3 is 1.92 bits per heavy atom. The topological polar surface area (TPSA) is 118 Å². The van der Waals surface area contributed by atoms with Crippen LogP contribution in [0.15, 0.2) is 140 Å². The number of carbonyl (C=O) groups is 1. The first-order valence-electron chi connectivity index (χ1n) is 15.4. The quantitative estimate of drug-likeness (QED) is 0.188. The summed E-state index contributed by atoms with van der Waals surface area (Å²) in [7, 11) is 0. The summed E-state index contributed by atoms with van der Waals surface area (Å²) in [6.07, 6.45) is 3.61. The lowest BCUT2D eigenvalue weighted by atomic mass is 10.00. The van der Waals surface area contributed by atoms with Crippen LogP contribution in [-0.2, 0) is 0 Å². The van der Waals surface area contributed by atoms with E-state index in [0.717, 1.165) is 55.7 Å². The molecule has 0 aliphatic rings. The predicted octanol–water partition coefficient (Wildman–Crippen LogP) is 9.32. The van der Waals surface area contributed by atoms with Crippen LogP contribution in [0.1, 0.15) is 15.9 Å². The maximum atomic E-state index is 10.3. The van der Waals surface area contributed by atoms with Crippen LogP contribution in [0.4, 0.5) is 0 Å². The Morgan fingerprint density at radius 1 is 0.653 bits per heavy atom. The molecule has 9 rings (SSSR count). The lowest BCUT2D eigenvalue weighted by Gasteiger charge is -2.13. The number of benzene rings is 6. The molecule has 49 heavy (non-hydrogen) atoms. The minimum atomic E-state index is -0.977. The Balaban J connectivity index is 0.000000273. The largest absolute Gasteiger partial charge is 0.478 e. The van der Waals surface area contributed by atoms with Crippen molar-refractivity contribution in [3.63, 3.8) is 0 Å². The van der Waals surface area contributed by atoms with Crippen LogP contribution in [0.2, 0.25) is 0 Å². The molecule has 3 aromatic heterocycles. The molecular formula is C40H24N6O2S. The molecule has 1 N–H and O–H groups in total. The Labute approximate surface area is 284 Å². The molecule has 0 atom stereocenters. The van der Waals surface area contributed by atoms with E-state index in [-0.39, 0.29) is 5.56 Å². The third kappa shape index (κ3) is 5.23. The van der Waals surface area contributed by atoms with Gasteiger partial charge in [-0.3, -0.25) is 9.55 Å². The predicted molar refractivity (Wildman–Crippen MR) is 194 cm³/mol. The number of pyridine rings is 1. The van der Waals surface area contributed by atoms with E-state index >= 15 is 0 Å². The monoisotopic (exact) mass is 652 g/mol. The highest BCUT2D eigenvalue weighted by Crippen LogP contribution is 2.41. The fourth-order valence-electron chi connectivity index (χ4n) is 6.21. The van der Waals surface area contributed by atoms with Gasteiger partial charge in [0.15, 0.2) is 0 Å². The second kappa shape index (κ2) is 12.4. The summed E-state index contributed by atoms with van der Waals surface area (Å²) in [6, 6.07) is 43.5. The van der Waals surface area contributed by atoms with Crippen LogP contribution in [0, 0.1) is 11.3 Å². The van der Waals surface area contributed by atoms with Crippen LogP contribution >= 0.6 is 11.7 Å². The molecule has 0 unspecified atom stereocenters. The molecule has 3 heterocycles. The summed E-state index contributed by atoms with van der Waals surface area (Å²) in [5.74, 6) is -0.124. The molecule has 6 aromatic carbocycles. The fraction of sp³-hybridized carbons (Fsp3) is 0. The van der Waals surface area contributed by atoms with Gasteiger partial charge in [-0.1, -0.05) is 72.8 Å². The van der Waals surface area contributed by atoms with Crippen LogP contribution < -0.4 is 0 Å². The van der Waals surface area contributed by atoms with Gasteiger partial charge in [-0.25, -0.2) is 9.78 Å². The molecule has 0 fully saturated rings. The van der Waals surface area contributed by atoms with Gasteiger partial charge in [0.2, 0.25) is 0 Å². The van der Waals surface area contributed by atoms with E-state index in [1.807, 2.05) is 24.3 Å². The first-order chi connectivity index (χ1) is 24.1. The van der Waals surface area contributed by atoms with Crippen molar-refractivity contribution in [3.8, 4) is 34.3 Å². The van der Waals surface area contributed by atoms with E-state index in [1.54, 1.807) is 12.4 Å². The molecule has 9 aromatic rings. The average Bonchev–Trinajstić information content (AvgIpc) is 3.82. The number of fused-ring (bicyclic) bond motifs is 7. The lowest BCUT2D eigenvalue weighted by Crippen LogP contribution is -1.99. The molecule has 0 bridgehead atoms. The summed E-state index contributed by atoms with van der Waals surface area (Å²) in [5.41, 5.74) is 8.59. The molecule has 0 radical (unpaired) electrons. The third-order valence-electron chi connectivity index (χ3n) is 8.45. The number of nitriles is 1. The highest BCUT2D eigenvalue weighted by molar-refractivity contribution is 7.00. The molecular weight excluding hydrogens is 629 g/mol. The molecule has 9 heteroatoms. The van der Waals surface area contributed by atoms with Gasteiger partial charge in [0, 0.05) is 40.0 Å². The van der Waals surface area contributed by atoms with Crippen molar-refractivity contribution in [2.24, 2.45) is 0 Å². The third-order valence-corrected chi connectivity index (χ3v) is 8.98. The first-order valence-corrected chi connectivity index (χ1v) is 16.1. The number of rotatable bonds is 4. The van der Waals surface area contributed by atoms with E-state index in [1.165, 1.54) is 52.2 Å². The zero-order valence-electron chi connectivity index (χ0n) is 25.7. The number of hydrogen-bond acceptors (Lipinski definition) is 7. The van der Waals surface area contributed by atoms with Gasteiger partial charge in [-0.2, -0.15) is 14.0 Å². The zero-order chi connectivity index (χ0) is 33.3. The Morgan fingerprint density at radius 2 is 1.24 bits per heavy atom. The molecule has 0 saturated heterocycles. The minimum absolute atomic E-state index is 0.198. The van der Waals surface area contributed by atoms with Crippen molar-refractivity contribution in [1.82, 2.24) is 23.3 Å². The molecule has 232 valence electrons. The average molecular weight is 653 g/mol. The second-order valence-electron chi connectivity index (χ2n) is 11.2. The van der Waals surface area contributed by atoms with Crippen molar-refractivity contribution in [2.45, 2.75) is 0 Å². The Bertz CT molecular complexity index is 2700. The van der Waals surface area contributed by atoms with Gasteiger partial charge in [0.1, 0.15) is 16.9 Å². The van der Waals surface area contributed by atoms with Crippen LogP contribution in [-0.4, -0.2) is 34.4 Å². The lowest BCUT2D eigenvalue weighted by molar-refractivity contribution is 0.0697. The smallest absolute Gasteiger partial charge is 0.335 e. The minimum Gasteiger partial charge on any atom is -0.478 e. The number of nitrogens with zero attached hydrogens (tertiary/aromatic N) is 6. The highest BCUT2D eigenvalue weighted by atomic mass is 32.1. The molecule has 0 amide bonds. The summed E-state index contributed by atoms with van der Waals surface area (Å²) in [4.78, 5) is 19.9. The highest BCUT2D eigenvalue weighted by Gasteiger charge is 2.23. The van der Waals surface area contributed by atoms with E-state index in [2.05, 4.69) is 94.5 Å². The second-order valence-corrected chi connectivity index (χ2v) is 11.8. The zero-order valence-corrected chi connectivity index (χ0v) is 26.5. The maximum Gasteiger partial charge on any atom is 0.335 e. The Hall–Kier alpha value is -6.76. The number of imidazole rings is 1. The van der Waals surface area contributed by atoms with Gasteiger partial charge < -0.3 is 5.11 Å². The Kier molecular flexibility index (Phi) is 7.53. The van der Waals surface area contributed by atoms with Crippen LogP contribution in [0.3, 0.4) is 0 Å². The number of carboxylic acids is 1. The molecule has 8 nitrogen and oxygen atoms in total. The van der Waals surface area contributed by atoms with E-state index in [4.69, 9.17) is 24.1 Å². The SMILES string of the molecule is N#Cc1ccc(C(=O)O)cc1.c1ccc(-n2c(-c3ccc(-c4ccncc4)c4nsnc34)nc3c4ccccc4c4ccccc4c32)cc1. The van der Waals surface area contributed by atoms with Crippen LogP contribution in [0.25, 0.3) is 71.8 Å². The van der Waals surface area contributed by atoms with Crippen molar-refractivity contribution < 1.29 is 9.90 Å². The summed E-state index contributed by atoms with van der Waals surface area (Å²) >= 11 is 1.23. The molecule has 0 spiro atoms. The molecule has 0 aliphatic carbocycles. The van der Waals surface area contributed by atoms with Crippen molar-refractivity contribution >= 4 is 61.3 Å². The van der Waals surface area contributed by atoms with Gasteiger partial charge in [-0.05, 0) is 70.9 Å². The van der Waals surface area contributed by atoms with Gasteiger partial charge in [0.25, 0.3) is 0 Å². The molecule has 0 aliphatic heterocycles. The fourth-order valence-corrected chi connectivity index (χ4v) is 6.79. The van der Waals surface area contributed by atoms with E-state index in [9.17, 15) is 4.79 Å². The summed E-state index contributed by atoms with van der Waals surface area (Å²) in [6.45, 7) is 0. The maximum absolute atomic E-state index is 10.3. The van der Waals surface area contributed by atoms with Gasteiger partial charge in [0.05, 0.1) is 40.0 Å².